The predicted molar refractivity (Wildman–Crippen MR) is 66.2 cm³/mol. The van der Waals surface area contributed by atoms with Gasteiger partial charge < -0.3 is 10.1 Å². The van der Waals surface area contributed by atoms with E-state index in [1.165, 1.54) is 30.8 Å². The van der Waals surface area contributed by atoms with E-state index in [2.05, 4.69) is 24.0 Å². The summed E-state index contributed by atoms with van der Waals surface area (Å²) in [4.78, 5) is 0. The maximum Gasteiger partial charge on any atom is 0.0590 e. The van der Waals surface area contributed by atoms with E-state index in [-0.39, 0.29) is 0 Å². The van der Waals surface area contributed by atoms with E-state index in [4.69, 9.17) is 4.74 Å². The van der Waals surface area contributed by atoms with Crippen LogP contribution in [0.4, 0.5) is 0 Å². The molecule has 0 unspecified atom stereocenters. The monoisotopic (exact) mass is 219 g/mol. The summed E-state index contributed by atoms with van der Waals surface area (Å²) >= 11 is 2.05. The molecule has 0 fully saturated rings. The van der Waals surface area contributed by atoms with Crippen molar-refractivity contribution in [3.8, 4) is 0 Å². The van der Waals surface area contributed by atoms with Crippen molar-refractivity contribution in [1.82, 2.24) is 5.32 Å². The lowest BCUT2D eigenvalue weighted by atomic mass is 10.3. The highest BCUT2D eigenvalue weighted by Crippen LogP contribution is 2.04. The maximum atomic E-state index is 5.22. The Balaban J connectivity index is 2.78. The molecule has 86 valence electrons. The fraction of sp³-hybridized carbons (Fsp3) is 1.00. The van der Waals surface area contributed by atoms with Gasteiger partial charge in [0.1, 0.15) is 0 Å². The van der Waals surface area contributed by atoms with Crippen LogP contribution in [0.3, 0.4) is 0 Å². The Morgan fingerprint density at radius 1 is 1.07 bits per heavy atom. The highest BCUT2D eigenvalue weighted by Gasteiger charge is 1.90. The van der Waals surface area contributed by atoms with E-state index in [1.54, 1.807) is 0 Å². The molecule has 0 rings (SSSR count). The van der Waals surface area contributed by atoms with Crippen molar-refractivity contribution in [1.29, 1.82) is 0 Å². The number of unbranched alkanes of at least 4 members (excludes halogenated alkanes) is 2. The van der Waals surface area contributed by atoms with Gasteiger partial charge >= 0.3 is 0 Å². The molecule has 0 aliphatic rings. The van der Waals surface area contributed by atoms with Crippen LogP contribution in [0.1, 0.15) is 33.1 Å². The Hall–Kier alpha value is 0.270. The van der Waals surface area contributed by atoms with Crippen molar-refractivity contribution in [2.24, 2.45) is 0 Å². The summed E-state index contributed by atoms with van der Waals surface area (Å²) in [6, 6.07) is 0. The number of thioether (sulfide) groups is 1. The van der Waals surface area contributed by atoms with Gasteiger partial charge in [0.25, 0.3) is 0 Å². The molecular formula is C11H25NOS. The Morgan fingerprint density at radius 2 is 1.93 bits per heavy atom. The Bertz CT molecular complexity index is 89.3. The third-order valence-corrected chi connectivity index (χ3v) is 3.01. The van der Waals surface area contributed by atoms with Crippen molar-refractivity contribution in [2.45, 2.75) is 33.1 Å². The quantitative estimate of drug-likeness (QED) is 0.540. The van der Waals surface area contributed by atoms with Crippen LogP contribution >= 0.6 is 11.8 Å². The van der Waals surface area contributed by atoms with Crippen LogP contribution in [0.15, 0.2) is 0 Å². The molecule has 0 saturated heterocycles. The molecule has 0 radical (unpaired) electrons. The van der Waals surface area contributed by atoms with E-state index in [9.17, 15) is 0 Å². The van der Waals surface area contributed by atoms with Gasteiger partial charge in [0.05, 0.1) is 6.61 Å². The molecule has 0 aliphatic heterocycles. The lowest BCUT2D eigenvalue weighted by molar-refractivity contribution is 0.150. The van der Waals surface area contributed by atoms with Gasteiger partial charge in [-0.3, -0.25) is 0 Å². The normalized spacial score (nSPS) is 10.7. The van der Waals surface area contributed by atoms with Crippen LogP contribution in [0, 0.1) is 0 Å². The Morgan fingerprint density at radius 3 is 2.64 bits per heavy atom. The molecule has 0 aromatic heterocycles. The summed E-state index contributed by atoms with van der Waals surface area (Å²) in [5.41, 5.74) is 0. The van der Waals surface area contributed by atoms with Crippen LogP contribution < -0.4 is 5.32 Å². The molecule has 0 aromatic carbocycles. The summed E-state index contributed by atoms with van der Waals surface area (Å²) in [6.07, 6.45) is 4.08. The van der Waals surface area contributed by atoms with Crippen LogP contribution in [0.2, 0.25) is 0 Å². The van der Waals surface area contributed by atoms with Gasteiger partial charge in [0.2, 0.25) is 0 Å². The van der Waals surface area contributed by atoms with Crippen molar-refractivity contribution < 1.29 is 4.74 Å². The van der Waals surface area contributed by atoms with E-state index >= 15 is 0 Å². The number of ether oxygens (including phenoxy) is 1. The van der Waals surface area contributed by atoms with Crippen molar-refractivity contribution in [3.05, 3.63) is 0 Å². The van der Waals surface area contributed by atoms with Crippen LogP contribution in [0.5, 0.6) is 0 Å². The first-order valence-electron chi connectivity index (χ1n) is 5.78. The van der Waals surface area contributed by atoms with Crippen LogP contribution in [0.25, 0.3) is 0 Å². The fourth-order valence-corrected chi connectivity index (χ4v) is 2.02. The molecular weight excluding hydrogens is 194 g/mol. The lowest BCUT2D eigenvalue weighted by Gasteiger charge is -2.04. The van der Waals surface area contributed by atoms with Crippen LogP contribution in [-0.4, -0.2) is 37.8 Å². The zero-order chi connectivity index (χ0) is 10.5. The molecule has 1 N–H and O–H groups in total. The molecule has 3 heteroatoms. The summed E-state index contributed by atoms with van der Waals surface area (Å²) in [5, 5.41) is 3.37. The highest BCUT2D eigenvalue weighted by atomic mass is 32.2. The molecule has 0 bridgehead atoms. The average Bonchev–Trinajstić information content (AvgIpc) is 2.21. The minimum absolute atomic E-state index is 0.827. The second-order valence-electron chi connectivity index (χ2n) is 3.27. The first-order valence-corrected chi connectivity index (χ1v) is 6.93. The molecule has 0 amide bonds. The van der Waals surface area contributed by atoms with Gasteiger partial charge in [-0.2, -0.15) is 11.8 Å². The second kappa shape index (κ2) is 13.3. The lowest BCUT2D eigenvalue weighted by Crippen LogP contribution is -2.22. The first-order chi connectivity index (χ1) is 6.91. The zero-order valence-corrected chi connectivity index (χ0v) is 10.5. The Kier molecular flexibility index (Phi) is 13.5. The van der Waals surface area contributed by atoms with Gasteiger partial charge in [-0.25, -0.2) is 0 Å². The Labute approximate surface area is 93.2 Å². The number of rotatable bonds is 11. The summed E-state index contributed by atoms with van der Waals surface area (Å²) in [6.45, 7) is 8.06. The molecule has 0 aliphatic carbocycles. The van der Waals surface area contributed by atoms with E-state index in [0.29, 0.717) is 0 Å². The van der Waals surface area contributed by atoms with Crippen molar-refractivity contribution >= 4 is 11.8 Å². The number of hydrogen-bond acceptors (Lipinski definition) is 3. The summed E-state index contributed by atoms with van der Waals surface area (Å²) in [7, 11) is 0. The third kappa shape index (κ3) is 12.3. The van der Waals surface area contributed by atoms with Gasteiger partial charge in [0, 0.05) is 25.4 Å². The van der Waals surface area contributed by atoms with E-state index in [0.717, 1.165) is 26.3 Å². The molecule has 0 saturated carbocycles. The minimum Gasteiger partial charge on any atom is -0.380 e. The molecule has 0 atom stereocenters. The van der Waals surface area contributed by atoms with Gasteiger partial charge in [-0.05, 0) is 19.1 Å². The SMILES string of the molecule is CCCCCSCCNCCOCC. The third-order valence-electron chi connectivity index (χ3n) is 1.94. The molecule has 0 aromatic rings. The largest absolute Gasteiger partial charge is 0.380 e. The van der Waals surface area contributed by atoms with Crippen LogP contribution in [-0.2, 0) is 4.74 Å². The number of hydrogen-bond donors (Lipinski definition) is 1. The minimum atomic E-state index is 0.827. The molecule has 0 spiro atoms. The zero-order valence-electron chi connectivity index (χ0n) is 9.68. The van der Waals surface area contributed by atoms with Gasteiger partial charge in [-0.15, -0.1) is 0 Å². The number of nitrogens with one attached hydrogen (secondary N) is 1. The van der Waals surface area contributed by atoms with Crippen molar-refractivity contribution in [3.63, 3.8) is 0 Å². The summed E-state index contributed by atoms with van der Waals surface area (Å²) in [5.74, 6) is 2.55. The predicted octanol–water partition coefficient (Wildman–Crippen LogP) is 2.54. The maximum absolute atomic E-state index is 5.22. The van der Waals surface area contributed by atoms with E-state index < -0.39 is 0 Å². The molecule has 14 heavy (non-hydrogen) atoms. The molecule has 2 nitrogen and oxygen atoms in total. The van der Waals surface area contributed by atoms with Gasteiger partial charge in [0.15, 0.2) is 0 Å². The second-order valence-corrected chi connectivity index (χ2v) is 4.49. The fourth-order valence-electron chi connectivity index (χ4n) is 1.11. The van der Waals surface area contributed by atoms with E-state index in [1.807, 2.05) is 6.92 Å². The standard InChI is InChI=1S/C11H25NOS/c1-3-5-6-10-14-11-8-12-7-9-13-4-2/h12H,3-11H2,1-2H3. The van der Waals surface area contributed by atoms with Gasteiger partial charge in [-0.1, -0.05) is 19.8 Å². The first kappa shape index (κ1) is 14.3. The average molecular weight is 219 g/mol. The smallest absolute Gasteiger partial charge is 0.0590 e. The summed E-state index contributed by atoms with van der Waals surface area (Å²) < 4.78 is 5.22. The van der Waals surface area contributed by atoms with Crippen molar-refractivity contribution in [2.75, 3.05) is 37.8 Å². The highest BCUT2D eigenvalue weighted by molar-refractivity contribution is 7.99. The molecule has 0 heterocycles. The topological polar surface area (TPSA) is 21.3 Å².